The van der Waals surface area contributed by atoms with Crippen LogP contribution in [0.2, 0.25) is 0 Å². The molecule has 8 heteroatoms. The summed E-state index contributed by atoms with van der Waals surface area (Å²) in [5.74, 6) is -0.879. The highest BCUT2D eigenvalue weighted by Crippen LogP contribution is 2.22. The van der Waals surface area contributed by atoms with E-state index in [9.17, 15) is 14.6 Å². The van der Waals surface area contributed by atoms with Crippen LogP contribution in [0.1, 0.15) is 11.7 Å². The molecule has 2 N–H and O–H groups in total. The Morgan fingerprint density at radius 3 is 2.94 bits per heavy atom. The zero-order chi connectivity index (χ0) is 12.1. The Morgan fingerprint density at radius 2 is 2.31 bits per heavy atom. The van der Waals surface area contributed by atoms with Crippen LogP contribution < -0.4 is 0 Å². The van der Waals surface area contributed by atoms with Crippen molar-refractivity contribution in [3.63, 3.8) is 0 Å². The summed E-state index contributed by atoms with van der Waals surface area (Å²) < 4.78 is 13.7. The number of aliphatic hydroxyl groups excluding tert-OH is 2. The van der Waals surface area contributed by atoms with Crippen LogP contribution in [0, 0.1) is 5.95 Å². The number of aromatic nitrogens is 1. The Hall–Kier alpha value is -1.21. The number of halogens is 2. The molecule has 1 heterocycles. The van der Waals surface area contributed by atoms with Gasteiger partial charge >= 0.3 is 0 Å². The van der Waals surface area contributed by atoms with E-state index < -0.39 is 18.2 Å². The van der Waals surface area contributed by atoms with E-state index in [0.29, 0.717) is 4.47 Å². The molecule has 16 heavy (non-hydrogen) atoms. The molecular formula is C8H8BrFN4O2. The molecule has 86 valence electrons. The number of hydrogen-bond donors (Lipinski definition) is 2. The van der Waals surface area contributed by atoms with E-state index >= 15 is 0 Å². The van der Waals surface area contributed by atoms with Gasteiger partial charge in [0.05, 0.1) is 12.6 Å². The molecule has 0 spiro atoms. The van der Waals surface area contributed by atoms with Gasteiger partial charge in [0.15, 0.2) is 0 Å². The van der Waals surface area contributed by atoms with Crippen molar-refractivity contribution in [1.29, 1.82) is 0 Å². The Kier molecular flexibility index (Phi) is 4.63. The highest BCUT2D eigenvalue weighted by molar-refractivity contribution is 9.10. The lowest BCUT2D eigenvalue weighted by Gasteiger charge is -2.16. The summed E-state index contributed by atoms with van der Waals surface area (Å²) in [7, 11) is 0. The second-order valence-corrected chi connectivity index (χ2v) is 3.87. The predicted octanol–water partition coefficient (Wildman–Crippen LogP) is 1.69. The van der Waals surface area contributed by atoms with Gasteiger partial charge in [-0.15, -0.1) is 0 Å². The molecule has 0 aliphatic heterocycles. The largest absolute Gasteiger partial charge is 0.390 e. The first-order valence-electron chi connectivity index (χ1n) is 4.24. The lowest BCUT2D eigenvalue weighted by molar-refractivity contribution is 0.0217. The molecule has 1 rings (SSSR count). The van der Waals surface area contributed by atoms with Gasteiger partial charge in [0.1, 0.15) is 6.10 Å². The second kappa shape index (κ2) is 5.76. The van der Waals surface area contributed by atoms with Crippen molar-refractivity contribution in [3.05, 3.63) is 38.7 Å². The van der Waals surface area contributed by atoms with Gasteiger partial charge in [0.2, 0.25) is 5.95 Å². The Bertz CT molecular complexity index is 424. The minimum atomic E-state index is -1.49. The van der Waals surface area contributed by atoms with E-state index in [1.807, 2.05) is 0 Å². The molecular weight excluding hydrogens is 283 g/mol. The van der Waals surface area contributed by atoms with E-state index in [4.69, 9.17) is 5.53 Å². The maximum absolute atomic E-state index is 13.2. The van der Waals surface area contributed by atoms with Crippen LogP contribution in [0.4, 0.5) is 4.39 Å². The minimum Gasteiger partial charge on any atom is -0.390 e. The lowest BCUT2D eigenvalue weighted by Crippen LogP contribution is -2.22. The maximum atomic E-state index is 13.2. The van der Waals surface area contributed by atoms with Gasteiger partial charge in [-0.1, -0.05) is 5.11 Å². The quantitative estimate of drug-likeness (QED) is 0.382. The molecule has 0 saturated carbocycles. The van der Waals surface area contributed by atoms with Gasteiger partial charge in [-0.05, 0) is 27.5 Å². The molecule has 0 aromatic carbocycles. The van der Waals surface area contributed by atoms with Crippen LogP contribution in [-0.2, 0) is 0 Å². The van der Waals surface area contributed by atoms with Gasteiger partial charge in [-0.25, -0.2) is 4.98 Å². The van der Waals surface area contributed by atoms with Crippen molar-refractivity contribution in [2.24, 2.45) is 5.11 Å². The first-order valence-corrected chi connectivity index (χ1v) is 5.03. The standard InChI is InChI=1S/C8H8BrFN4O2/c9-4-1-5(8(10)12-2-4)7(16)6(15)3-13-14-11/h1-2,6-7,15-16H,3H2. The van der Waals surface area contributed by atoms with E-state index in [1.165, 1.54) is 12.3 Å². The molecule has 0 aliphatic carbocycles. The zero-order valence-corrected chi connectivity index (χ0v) is 9.54. The van der Waals surface area contributed by atoms with Crippen LogP contribution in [0.3, 0.4) is 0 Å². The summed E-state index contributed by atoms with van der Waals surface area (Å²) in [6.45, 7) is -0.344. The smallest absolute Gasteiger partial charge is 0.218 e. The molecule has 1 aromatic heterocycles. The van der Waals surface area contributed by atoms with Gasteiger partial charge in [0.25, 0.3) is 0 Å². The summed E-state index contributed by atoms with van der Waals surface area (Å²) in [5, 5.41) is 22.1. The van der Waals surface area contributed by atoms with Crippen molar-refractivity contribution in [1.82, 2.24) is 4.98 Å². The van der Waals surface area contributed by atoms with Crippen molar-refractivity contribution < 1.29 is 14.6 Å². The van der Waals surface area contributed by atoms with Crippen LogP contribution in [-0.4, -0.2) is 27.8 Å². The third-order valence-corrected chi connectivity index (χ3v) is 2.28. The predicted molar refractivity (Wildman–Crippen MR) is 56.9 cm³/mol. The molecule has 2 atom stereocenters. The summed E-state index contributed by atoms with van der Waals surface area (Å²) in [4.78, 5) is 5.80. The van der Waals surface area contributed by atoms with E-state index in [0.717, 1.165) is 0 Å². The topological polar surface area (TPSA) is 102 Å². The maximum Gasteiger partial charge on any atom is 0.218 e. The highest BCUT2D eigenvalue weighted by atomic mass is 79.9. The SMILES string of the molecule is [N-]=[N+]=NCC(O)C(O)c1cc(Br)cnc1F. The highest BCUT2D eigenvalue weighted by Gasteiger charge is 2.21. The minimum absolute atomic E-state index is 0.157. The average molecular weight is 291 g/mol. The van der Waals surface area contributed by atoms with Crippen molar-refractivity contribution in [3.8, 4) is 0 Å². The average Bonchev–Trinajstić information content (AvgIpc) is 2.28. The number of pyridine rings is 1. The number of nitrogens with zero attached hydrogens (tertiary/aromatic N) is 4. The lowest BCUT2D eigenvalue weighted by atomic mass is 10.1. The fraction of sp³-hybridized carbons (Fsp3) is 0.375. The van der Waals surface area contributed by atoms with Crippen molar-refractivity contribution >= 4 is 15.9 Å². The van der Waals surface area contributed by atoms with Gasteiger partial charge in [0, 0.05) is 21.1 Å². The molecule has 0 radical (unpaired) electrons. The summed E-state index contributed by atoms with van der Waals surface area (Å²) in [6.07, 6.45) is -1.64. The normalized spacial score (nSPS) is 14.0. The van der Waals surface area contributed by atoms with Crippen LogP contribution in [0.25, 0.3) is 10.4 Å². The number of aliphatic hydroxyl groups is 2. The Morgan fingerprint density at radius 1 is 1.62 bits per heavy atom. The number of azide groups is 1. The molecule has 0 aliphatic rings. The first kappa shape index (κ1) is 12.9. The van der Waals surface area contributed by atoms with Crippen molar-refractivity contribution in [2.45, 2.75) is 12.2 Å². The van der Waals surface area contributed by atoms with Crippen LogP contribution in [0.15, 0.2) is 21.9 Å². The zero-order valence-electron chi connectivity index (χ0n) is 7.96. The third-order valence-electron chi connectivity index (χ3n) is 1.85. The van der Waals surface area contributed by atoms with Gasteiger partial charge in [-0.2, -0.15) is 4.39 Å². The fourth-order valence-corrected chi connectivity index (χ4v) is 1.42. The molecule has 2 unspecified atom stereocenters. The van der Waals surface area contributed by atoms with Gasteiger partial charge in [-0.3, -0.25) is 0 Å². The first-order chi connectivity index (χ1) is 7.56. The molecule has 0 saturated heterocycles. The summed E-state index contributed by atoms with van der Waals surface area (Å²) in [5.41, 5.74) is 7.88. The van der Waals surface area contributed by atoms with Crippen LogP contribution >= 0.6 is 15.9 Å². The van der Waals surface area contributed by atoms with Crippen molar-refractivity contribution in [2.75, 3.05) is 6.54 Å². The summed E-state index contributed by atoms with van der Waals surface area (Å²) in [6, 6.07) is 1.30. The molecule has 6 nitrogen and oxygen atoms in total. The van der Waals surface area contributed by atoms with Crippen LogP contribution in [0.5, 0.6) is 0 Å². The number of rotatable bonds is 4. The monoisotopic (exact) mass is 290 g/mol. The molecule has 0 amide bonds. The van der Waals surface area contributed by atoms with E-state index in [-0.39, 0.29) is 12.1 Å². The summed E-state index contributed by atoms with van der Waals surface area (Å²) >= 11 is 3.06. The fourth-order valence-electron chi connectivity index (χ4n) is 1.07. The molecule has 0 fully saturated rings. The second-order valence-electron chi connectivity index (χ2n) is 2.96. The van der Waals surface area contributed by atoms with Gasteiger partial charge < -0.3 is 10.2 Å². The molecule has 1 aromatic rings. The Balaban J connectivity index is 2.90. The number of hydrogen-bond acceptors (Lipinski definition) is 4. The van der Waals surface area contributed by atoms with E-state index in [2.05, 4.69) is 30.9 Å². The molecule has 0 bridgehead atoms. The van der Waals surface area contributed by atoms with E-state index in [1.54, 1.807) is 0 Å². The Labute approximate surface area is 98.5 Å². The third kappa shape index (κ3) is 3.14.